The molecule has 1 aliphatic rings. The van der Waals surface area contributed by atoms with Gasteiger partial charge in [0.1, 0.15) is 0 Å². The summed E-state index contributed by atoms with van der Waals surface area (Å²) in [6.07, 6.45) is 0. The molecule has 0 saturated carbocycles. The second kappa shape index (κ2) is 4.31. The van der Waals surface area contributed by atoms with Crippen LogP contribution in [0.3, 0.4) is 0 Å². The van der Waals surface area contributed by atoms with Crippen molar-refractivity contribution in [3.05, 3.63) is 0 Å². The molecule has 1 radical (unpaired) electrons. The van der Waals surface area contributed by atoms with Crippen molar-refractivity contribution >= 4 is 5.97 Å². The molecule has 0 bridgehead atoms. The summed E-state index contributed by atoms with van der Waals surface area (Å²) in [5, 5.41) is 4.17. The van der Waals surface area contributed by atoms with Gasteiger partial charge in [-0.1, -0.05) is 0 Å². The van der Waals surface area contributed by atoms with E-state index >= 15 is 0 Å². The fourth-order valence-electron chi connectivity index (χ4n) is 1.05. The largest absolute Gasteiger partial charge is 0.468 e. The Labute approximate surface area is 66.5 Å². The van der Waals surface area contributed by atoms with Gasteiger partial charge in [0.05, 0.1) is 13.7 Å². The number of methoxy groups -OCH3 is 1. The highest BCUT2D eigenvalue weighted by Gasteiger charge is 2.13. The molecule has 0 aromatic carbocycles. The first-order valence-corrected chi connectivity index (χ1v) is 3.75. The van der Waals surface area contributed by atoms with E-state index < -0.39 is 0 Å². The minimum Gasteiger partial charge on any atom is -0.468 e. The molecule has 0 atom stereocenters. The molecule has 1 aliphatic heterocycles. The maximum atomic E-state index is 10.8. The second-order valence-electron chi connectivity index (χ2n) is 2.52. The molecular formula is C7H13N2O2. The summed E-state index contributed by atoms with van der Waals surface area (Å²) in [5.41, 5.74) is 0. The third kappa shape index (κ3) is 2.86. The Morgan fingerprint density at radius 3 is 2.73 bits per heavy atom. The van der Waals surface area contributed by atoms with E-state index in [-0.39, 0.29) is 5.97 Å². The summed E-state index contributed by atoms with van der Waals surface area (Å²) in [7, 11) is 1.41. The molecule has 1 rings (SSSR count). The lowest BCUT2D eigenvalue weighted by Gasteiger charge is -2.24. The van der Waals surface area contributed by atoms with Gasteiger partial charge in [-0.25, -0.2) is 5.32 Å². The summed E-state index contributed by atoms with van der Waals surface area (Å²) < 4.78 is 4.54. The molecule has 11 heavy (non-hydrogen) atoms. The fourth-order valence-corrected chi connectivity index (χ4v) is 1.05. The highest BCUT2D eigenvalue weighted by Crippen LogP contribution is 1.92. The highest BCUT2D eigenvalue weighted by atomic mass is 16.5. The van der Waals surface area contributed by atoms with Gasteiger partial charge >= 0.3 is 5.97 Å². The van der Waals surface area contributed by atoms with Gasteiger partial charge in [0, 0.05) is 26.2 Å². The Morgan fingerprint density at radius 2 is 2.18 bits per heavy atom. The molecule has 4 heteroatoms. The van der Waals surface area contributed by atoms with Crippen LogP contribution in [0.15, 0.2) is 0 Å². The van der Waals surface area contributed by atoms with Crippen LogP contribution >= 0.6 is 0 Å². The average Bonchev–Trinajstić information content (AvgIpc) is 2.06. The van der Waals surface area contributed by atoms with E-state index in [1.807, 2.05) is 0 Å². The monoisotopic (exact) mass is 157 g/mol. The fraction of sp³-hybridized carbons (Fsp3) is 0.857. The summed E-state index contributed by atoms with van der Waals surface area (Å²) >= 11 is 0. The quantitative estimate of drug-likeness (QED) is 0.487. The molecular weight excluding hydrogens is 144 g/mol. The van der Waals surface area contributed by atoms with E-state index in [2.05, 4.69) is 15.0 Å². The topological polar surface area (TPSA) is 43.6 Å². The molecule has 0 unspecified atom stereocenters. The molecule has 1 heterocycles. The molecule has 1 saturated heterocycles. The van der Waals surface area contributed by atoms with Crippen molar-refractivity contribution in [1.29, 1.82) is 0 Å². The van der Waals surface area contributed by atoms with Gasteiger partial charge in [-0.05, 0) is 0 Å². The molecule has 0 aliphatic carbocycles. The number of carbonyl (C=O) groups excluding carboxylic acids is 1. The van der Waals surface area contributed by atoms with E-state index in [1.54, 1.807) is 0 Å². The Balaban J connectivity index is 2.19. The number of hydrogen-bond donors (Lipinski definition) is 0. The van der Waals surface area contributed by atoms with Crippen LogP contribution in [-0.4, -0.2) is 50.7 Å². The lowest BCUT2D eigenvalue weighted by atomic mass is 10.3. The average molecular weight is 157 g/mol. The van der Waals surface area contributed by atoms with Crippen molar-refractivity contribution in [2.45, 2.75) is 0 Å². The van der Waals surface area contributed by atoms with Gasteiger partial charge in [-0.15, -0.1) is 0 Å². The zero-order valence-electron chi connectivity index (χ0n) is 6.75. The van der Waals surface area contributed by atoms with Crippen LogP contribution in [0, 0.1) is 0 Å². The van der Waals surface area contributed by atoms with Crippen molar-refractivity contribution in [2.24, 2.45) is 0 Å². The number of esters is 1. The van der Waals surface area contributed by atoms with Crippen molar-refractivity contribution in [1.82, 2.24) is 10.2 Å². The standard InChI is InChI=1S/C7H13N2O2/c1-11-7(10)6-9-4-2-8-3-5-9/h2-6H2,1H3. The Bertz CT molecular complexity index is 132. The molecule has 4 nitrogen and oxygen atoms in total. The predicted octanol–water partition coefficient (Wildman–Crippen LogP) is -0.921. The predicted molar refractivity (Wildman–Crippen MR) is 40.3 cm³/mol. The van der Waals surface area contributed by atoms with Crippen LogP contribution in [0.1, 0.15) is 0 Å². The van der Waals surface area contributed by atoms with Gasteiger partial charge in [0.25, 0.3) is 0 Å². The molecule has 0 spiro atoms. The number of rotatable bonds is 2. The van der Waals surface area contributed by atoms with Gasteiger partial charge in [0.15, 0.2) is 0 Å². The first-order valence-electron chi connectivity index (χ1n) is 3.75. The maximum Gasteiger partial charge on any atom is 0.319 e. The van der Waals surface area contributed by atoms with Crippen molar-refractivity contribution in [3.63, 3.8) is 0 Å². The van der Waals surface area contributed by atoms with Crippen LogP contribution < -0.4 is 5.32 Å². The maximum absolute atomic E-state index is 10.8. The van der Waals surface area contributed by atoms with Crippen molar-refractivity contribution < 1.29 is 9.53 Å². The minimum absolute atomic E-state index is 0.160. The lowest BCUT2D eigenvalue weighted by molar-refractivity contribution is -0.142. The molecule has 0 aromatic rings. The summed E-state index contributed by atoms with van der Waals surface area (Å²) in [6.45, 7) is 3.87. The summed E-state index contributed by atoms with van der Waals surface area (Å²) in [4.78, 5) is 12.8. The van der Waals surface area contributed by atoms with Gasteiger partial charge < -0.3 is 4.74 Å². The molecule has 0 N–H and O–H groups in total. The van der Waals surface area contributed by atoms with E-state index in [0.29, 0.717) is 6.54 Å². The zero-order chi connectivity index (χ0) is 8.10. The van der Waals surface area contributed by atoms with Crippen LogP contribution in [-0.2, 0) is 9.53 Å². The Hall–Kier alpha value is -0.610. The van der Waals surface area contributed by atoms with Crippen molar-refractivity contribution in [2.75, 3.05) is 39.8 Å². The lowest BCUT2D eigenvalue weighted by Crippen LogP contribution is -2.42. The molecule has 63 valence electrons. The number of carbonyl (C=O) groups is 1. The Kier molecular flexibility index (Phi) is 3.32. The van der Waals surface area contributed by atoms with Gasteiger partial charge in [-0.2, -0.15) is 0 Å². The summed E-state index contributed by atoms with van der Waals surface area (Å²) in [6, 6.07) is 0. The van der Waals surface area contributed by atoms with E-state index in [4.69, 9.17) is 0 Å². The molecule has 1 fully saturated rings. The van der Waals surface area contributed by atoms with Crippen LogP contribution in [0.2, 0.25) is 0 Å². The molecule has 0 amide bonds. The van der Waals surface area contributed by atoms with E-state index in [0.717, 1.165) is 26.2 Å². The van der Waals surface area contributed by atoms with Crippen LogP contribution in [0.25, 0.3) is 0 Å². The Morgan fingerprint density at radius 1 is 1.55 bits per heavy atom. The normalized spacial score (nSPS) is 19.7. The molecule has 0 aromatic heterocycles. The number of hydrogen-bond acceptors (Lipinski definition) is 3. The minimum atomic E-state index is -0.160. The van der Waals surface area contributed by atoms with Gasteiger partial charge in [-0.3, -0.25) is 9.69 Å². The van der Waals surface area contributed by atoms with E-state index in [9.17, 15) is 4.79 Å². The third-order valence-electron chi connectivity index (χ3n) is 1.73. The second-order valence-corrected chi connectivity index (χ2v) is 2.52. The number of nitrogens with zero attached hydrogens (tertiary/aromatic N) is 2. The number of piperazine rings is 1. The van der Waals surface area contributed by atoms with Crippen LogP contribution in [0.5, 0.6) is 0 Å². The zero-order valence-corrected chi connectivity index (χ0v) is 6.75. The SMILES string of the molecule is COC(=O)CN1CC[N]CC1. The first kappa shape index (κ1) is 8.49. The van der Waals surface area contributed by atoms with E-state index in [1.165, 1.54) is 7.11 Å². The smallest absolute Gasteiger partial charge is 0.319 e. The number of ether oxygens (including phenoxy) is 1. The highest BCUT2D eigenvalue weighted by molar-refractivity contribution is 5.71. The van der Waals surface area contributed by atoms with Gasteiger partial charge in [0.2, 0.25) is 0 Å². The third-order valence-corrected chi connectivity index (χ3v) is 1.73. The van der Waals surface area contributed by atoms with Crippen LogP contribution in [0.4, 0.5) is 0 Å². The first-order chi connectivity index (χ1) is 5.33. The summed E-state index contributed by atoms with van der Waals surface area (Å²) in [5.74, 6) is -0.160. The van der Waals surface area contributed by atoms with Crippen molar-refractivity contribution in [3.8, 4) is 0 Å².